The van der Waals surface area contributed by atoms with Gasteiger partial charge in [-0.25, -0.2) is 4.98 Å². The van der Waals surface area contributed by atoms with Crippen LogP contribution in [0.5, 0.6) is 0 Å². The van der Waals surface area contributed by atoms with E-state index in [-0.39, 0.29) is 6.10 Å². The molecule has 0 spiro atoms. The fourth-order valence-corrected chi connectivity index (χ4v) is 3.54. The molecule has 20 heavy (non-hydrogen) atoms. The van der Waals surface area contributed by atoms with E-state index in [9.17, 15) is 0 Å². The molecule has 1 saturated heterocycles. The van der Waals surface area contributed by atoms with Crippen LogP contribution in [0.25, 0.3) is 0 Å². The van der Waals surface area contributed by atoms with Crippen molar-refractivity contribution < 1.29 is 4.74 Å². The molecule has 1 fully saturated rings. The summed E-state index contributed by atoms with van der Waals surface area (Å²) >= 11 is 1.71. The molecule has 1 N–H and O–H groups in total. The molecular weight excluding hydrogens is 270 g/mol. The topological polar surface area (TPSA) is 37.4 Å². The smallest absolute Gasteiger partial charge is 0.122 e. The van der Waals surface area contributed by atoms with Crippen molar-refractivity contribution in [2.24, 2.45) is 5.92 Å². The fourth-order valence-electron chi connectivity index (χ4n) is 2.69. The third-order valence-corrected chi connectivity index (χ3v) is 5.22. The van der Waals surface area contributed by atoms with E-state index < -0.39 is 0 Å². The largest absolute Gasteiger partial charge is 0.375 e. The Morgan fingerprint density at radius 2 is 2.25 bits per heavy atom. The lowest BCUT2D eigenvalue weighted by molar-refractivity contribution is 0.119. The van der Waals surface area contributed by atoms with Crippen LogP contribution in [0.4, 0.5) is 0 Å². The second-order valence-electron chi connectivity index (χ2n) is 5.67. The summed E-state index contributed by atoms with van der Waals surface area (Å²) in [4.78, 5) is 7.22. The van der Waals surface area contributed by atoms with Crippen LogP contribution in [-0.2, 0) is 11.3 Å². The molecule has 5 heteroatoms. The fraction of sp³-hybridized carbons (Fsp3) is 0.800. The average molecular weight is 297 g/mol. The Hall–Kier alpha value is -0.490. The average Bonchev–Trinajstić information content (AvgIpc) is 2.94. The van der Waals surface area contributed by atoms with Crippen LogP contribution in [0.2, 0.25) is 0 Å². The van der Waals surface area contributed by atoms with Gasteiger partial charge < -0.3 is 10.1 Å². The van der Waals surface area contributed by atoms with E-state index in [0.717, 1.165) is 24.0 Å². The summed E-state index contributed by atoms with van der Waals surface area (Å²) in [6, 6.07) is 0. The summed E-state index contributed by atoms with van der Waals surface area (Å²) < 4.78 is 5.32. The number of ether oxygens (including phenoxy) is 1. The first-order valence-corrected chi connectivity index (χ1v) is 8.45. The number of likely N-dealkylation sites (tertiary alicyclic amines) is 1. The molecule has 0 saturated carbocycles. The monoisotopic (exact) mass is 297 g/mol. The molecule has 4 nitrogen and oxygen atoms in total. The van der Waals surface area contributed by atoms with Crippen LogP contribution in [0.3, 0.4) is 0 Å². The first-order chi connectivity index (χ1) is 9.72. The van der Waals surface area contributed by atoms with Gasteiger partial charge in [-0.2, -0.15) is 0 Å². The van der Waals surface area contributed by atoms with Gasteiger partial charge in [-0.05, 0) is 58.8 Å². The molecule has 1 atom stereocenters. The lowest BCUT2D eigenvalue weighted by atomic mass is 9.93. The summed E-state index contributed by atoms with van der Waals surface area (Å²) in [5, 5.41) is 6.52. The number of nitrogens with zero attached hydrogens (tertiary/aromatic N) is 2. The summed E-state index contributed by atoms with van der Waals surface area (Å²) in [7, 11) is 3.78. The van der Waals surface area contributed by atoms with E-state index in [1.54, 1.807) is 18.4 Å². The van der Waals surface area contributed by atoms with E-state index in [1.807, 2.05) is 7.05 Å². The third kappa shape index (κ3) is 4.52. The van der Waals surface area contributed by atoms with Crippen molar-refractivity contribution in [1.82, 2.24) is 15.2 Å². The predicted octanol–water partition coefficient (Wildman–Crippen LogP) is 2.67. The van der Waals surface area contributed by atoms with Crippen LogP contribution >= 0.6 is 11.3 Å². The van der Waals surface area contributed by atoms with Crippen molar-refractivity contribution in [2.75, 3.05) is 33.8 Å². The number of hydrogen-bond donors (Lipinski definition) is 1. The zero-order valence-corrected chi connectivity index (χ0v) is 13.7. The standard InChI is InChI=1S/C15H27N3OS/c1-12(19-3)15-17-14(11-20-15)10-18-8-5-13(6-9-18)4-7-16-2/h11-13,16H,4-10H2,1-3H3. The number of rotatable bonds is 7. The van der Waals surface area contributed by atoms with Gasteiger partial charge in [0.15, 0.2) is 0 Å². The molecule has 0 aromatic carbocycles. The maximum atomic E-state index is 5.32. The van der Waals surface area contributed by atoms with E-state index in [1.165, 1.54) is 38.0 Å². The maximum absolute atomic E-state index is 5.32. The van der Waals surface area contributed by atoms with Crippen LogP contribution in [0, 0.1) is 5.92 Å². The second kappa shape index (κ2) is 8.08. The molecular formula is C15H27N3OS. The number of methoxy groups -OCH3 is 1. The summed E-state index contributed by atoms with van der Waals surface area (Å²) in [6.07, 6.45) is 4.08. The van der Waals surface area contributed by atoms with Gasteiger partial charge in [0.2, 0.25) is 0 Å². The van der Waals surface area contributed by atoms with Gasteiger partial charge in [-0.1, -0.05) is 0 Å². The number of hydrogen-bond acceptors (Lipinski definition) is 5. The molecule has 1 aliphatic heterocycles. The number of piperidine rings is 1. The van der Waals surface area contributed by atoms with Crippen molar-refractivity contribution in [3.8, 4) is 0 Å². The van der Waals surface area contributed by atoms with Gasteiger partial charge in [-0.15, -0.1) is 11.3 Å². The van der Waals surface area contributed by atoms with Crippen LogP contribution < -0.4 is 5.32 Å². The van der Waals surface area contributed by atoms with Gasteiger partial charge >= 0.3 is 0 Å². The summed E-state index contributed by atoms with van der Waals surface area (Å²) in [6.45, 7) is 6.61. The maximum Gasteiger partial charge on any atom is 0.122 e. The minimum Gasteiger partial charge on any atom is -0.375 e. The molecule has 1 aromatic rings. The minimum atomic E-state index is 0.112. The van der Waals surface area contributed by atoms with E-state index in [4.69, 9.17) is 4.74 Å². The Bertz CT molecular complexity index is 388. The highest BCUT2D eigenvalue weighted by Crippen LogP contribution is 2.24. The molecule has 1 aliphatic rings. The molecule has 0 radical (unpaired) electrons. The predicted molar refractivity (Wildman–Crippen MR) is 84.1 cm³/mol. The Balaban J connectivity index is 1.76. The number of aromatic nitrogens is 1. The minimum absolute atomic E-state index is 0.112. The Morgan fingerprint density at radius 1 is 1.50 bits per heavy atom. The van der Waals surface area contributed by atoms with Crippen molar-refractivity contribution in [2.45, 2.75) is 38.8 Å². The van der Waals surface area contributed by atoms with Crippen LogP contribution in [-0.4, -0.2) is 43.7 Å². The lowest BCUT2D eigenvalue weighted by Crippen LogP contribution is -2.34. The second-order valence-corrected chi connectivity index (χ2v) is 6.56. The van der Waals surface area contributed by atoms with Gasteiger partial charge in [0.05, 0.1) is 5.69 Å². The number of nitrogens with one attached hydrogen (secondary N) is 1. The highest BCUT2D eigenvalue weighted by molar-refractivity contribution is 7.09. The summed E-state index contributed by atoms with van der Waals surface area (Å²) in [5.41, 5.74) is 1.20. The van der Waals surface area contributed by atoms with Crippen LogP contribution in [0.1, 0.15) is 43.0 Å². The first-order valence-electron chi connectivity index (χ1n) is 7.57. The highest BCUT2D eigenvalue weighted by Gasteiger charge is 2.19. The zero-order chi connectivity index (χ0) is 14.4. The highest BCUT2D eigenvalue weighted by atomic mass is 32.1. The van der Waals surface area contributed by atoms with Gasteiger partial charge in [-0.3, -0.25) is 4.90 Å². The molecule has 114 valence electrons. The quantitative estimate of drug-likeness (QED) is 0.839. The SMILES string of the molecule is CNCCC1CCN(Cc2csc(C(C)OC)n2)CC1. The van der Waals surface area contributed by atoms with Crippen molar-refractivity contribution >= 4 is 11.3 Å². The van der Waals surface area contributed by atoms with Crippen LogP contribution in [0.15, 0.2) is 5.38 Å². The molecule has 1 aromatic heterocycles. The van der Waals surface area contributed by atoms with Crippen molar-refractivity contribution in [3.05, 3.63) is 16.1 Å². The Morgan fingerprint density at radius 3 is 2.90 bits per heavy atom. The van der Waals surface area contributed by atoms with E-state index >= 15 is 0 Å². The molecule has 0 aliphatic carbocycles. The molecule has 0 bridgehead atoms. The lowest BCUT2D eigenvalue weighted by Gasteiger charge is -2.31. The molecule has 2 rings (SSSR count). The Kier molecular flexibility index (Phi) is 6.42. The van der Waals surface area contributed by atoms with Gasteiger partial charge in [0.1, 0.15) is 11.1 Å². The molecule has 1 unspecified atom stereocenters. The van der Waals surface area contributed by atoms with Crippen molar-refractivity contribution in [1.29, 1.82) is 0 Å². The molecule has 2 heterocycles. The Labute approximate surface area is 126 Å². The first kappa shape index (κ1) is 15.9. The van der Waals surface area contributed by atoms with E-state index in [0.29, 0.717) is 0 Å². The summed E-state index contributed by atoms with van der Waals surface area (Å²) in [5.74, 6) is 0.901. The third-order valence-electron chi connectivity index (χ3n) is 4.17. The van der Waals surface area contributed by atoms with E-state index in [2.05, 4.69) is 27.5 Å². The van der Waals surface area contributed by atoms with Crippen molar-refractivity contribution in [3.63, 3.8) is 0 Å². The van der Waals surface area contributed by atoms with Gasteiger partial charge in [0, 0.05) is 19.0 Å². The van der Waals surface area contributed by atoms with Gasteiger partial charge in [0.25, 0.3) is 0 Å². The normalized spacial score (nSPS) is 19.4. The number of thiazole rings is 1. The molecule has 0 amide bonds. The zero-order valence-electron chi connectivity index (χ0n) is 12.9.